The highest BCUT2D eigenvalue weighted by Crippen LogP contribution is 2.55. The molecule has 1 aliphatic rings. The molecule has 0 atom stereocenters. The molecule has 10 aromatic rings. The Balaban J connectivity index is 1.07. The molecule has 1 aliphatic heterocycles. The molecule has 290 valence electrons. The third-order valence-corrected chi connectivity index (χ3v) is 12.6. The number of fused-ring (bicyclic) bond motifs is 4. The zero-order chi connectivity index (χ0) is 40.9. The zero-order valence-corrected chi connectivity index (χ0v) is 34.3. The molecule has 0 radical (unpaired) electrons. The van der Waals surface area contributed by atoms with Gasteiger partial charge >= 0.3 is 0 Å². The zero-order valence-electron chi connectivity index (χ0n) is 34.3. The molecule has 0 saturated heterocycles. The lowest BCUT2D eigenvalue weighted by atomic mass is 9.73. The molecule has 0 fully saturated rings. The number of benzene rings is 10. The first-order chi connectivity index (χ1) is 30.0. The van der Waals surface area contributed by atoms with E-state index in [1.165, 1.54) is 77.6 Å². The monoisotopic (exact) mass is 780 g/mol. The van der Waals surface area contributed by atoms with Gasteiger partial charge in [0.25, 0.3) is 0 Å². The van der Waals surface area contributed by atoms with Crippen LogP contribution in [0.4, 0.5) is 34.1 Å². The molecule has 0 saturated carbocycles. The summed E-state index contributed by atoms with van der Waals surface area (Å²) >= 11 is 0. The third-order valence-electron chi connectivity index (χ3n) is 12.6. The van der Waals surface area contributed by atoms with Gasteiger partial charge < -0.3 is 9.80 Å². The van der Waals surface area contributed by atoms with Gasteiger partial charge in [-0.3, -0.25) is 0 Å². The van der Waals surface area contributed by atoms with E-state index in [1.54, 1.807) is 0 Å². The van der Waals surface area contributed by atoms with Gasteiger partial charge in [-0.25, -0.2) is 0 Å². The quantitative estimate of drug-likeness (QED) is 0.159. The molecule has 0 N–H and O–H groups in total. The smallest absolute Gasteiger partial charge is 0.0618 e. The minimum atomic E-state index is -0.211. The summed E-state index contributed by atoms with van der Waals surface area (Å²) in [5.41, 5.74) is 16.5. The van der Waals surface area contributed by atoms with Crippen LogP contribution in [0, 0.1) is 0 Å². The maximum atomic E-state index is 2.55. The minimum Gasteiger partial charge on any atom is -0.311 e. The first kappa shape index (κ1) is 36.4. The molecule has 0 amide bonds. The van der Waals surface area contributed by atoms with E-state index >= 15 is 0 Å². The van der Waals surface area contributed by atoms with Crippen LogP contribution in [0.3, 0.4) is 0 Å². The Morgan fingerprint density at radius 1 is 0.344 bits per heavy atom. The fraction of sp³-hybridized carbons (Fsp3) is 0.0508. The van der Waals surface area contributed by atoms with Crippen LogP contribution in [0.15, 0.2) is 231 Å². The predicted octanol–water partition coefficient (Wildman–Crippen LogP) is 16.6. The fourth-order valence-corrected chi connectivity index (χ4v) is 9.48. The average molecular weight is 781 g/mol. The Hall–Kier alpha value is -7.68. The van der Waals surface area contributed by atoms with Gasteiger partial charge in [0.05, 0.1) is 17.1 Å². The van der Waals surface area contributed by atoms with Crippen molar-refractivity contribution in [2.75, 3.05) is 9.80 Å². The lowest BCUT2D eigenvalue weighted by Crippen LogP contribution is -2.31. The SMILES string of the molecule is CC1(C)c2ccccc2N(c2c(-c3ccc(N(c4ccccc4)c4ccc(-c5ccccc5)cc4)cc3)ccc3ccccc23)c2cc(-c3ccc4ccccc4c3)ccc21. The number of rotatable bonds is 7. The lowest BCUT2D eigenvalue weighted by molar-refractivity contribution is 0.632. The molecule has 0 aromatic heterocycles. The van der Waals surface area contributed by atoms with Gasteiger partial charge in [-0.1, -0.05) is 190 Å². The van der Waals surface area contributed by atoms with Gasteiger partial charge in [-0.05, 0) is 110 Å². The first-order valence-corrected chi connectivity index (χ1v) is 21.2. The van der Waals surface area contributed by atoms with Crippen LogP contribution in [0.25, 0.3) is 54.9 Å². The summed E-state index contributed by atoms with van der Waals surface area (Å²) in [5, 5.41) is 4.92. The Bertz CT molecular complexity index is 3200. The normalized spacial score (nSPS) is 12.9. The van der Waals surface area contributed by atoms with Crippen molar-refractivity contribution in [3.05, 3.63) is 242 Å². The van der Waals surface area contributed by atoms with Crippen LogP contribution in [0.2, 0.25) is 0 Å². The molecule has 0 spiro atoms. The predicted molar refractivity (Wildman–Crippen MR) is 259 cm³/mol. The second-order valence-electron chi connectivity index (χ2n) is 16.6. The number of nitrogens with zero attached hydrogens (tertiary/aromatic N) is 2. The lowest BCUT2D eigenvalue weighted by Gasteiger charge is -2.43. The van der Waals surface area contributed by atoms with Gasteiger partial charge in [0.1, 0.15) is 0 Å². The first-order valence-electron chi connectivity index (χ1n) is 21.2. The summed E-state index contributed by atoms with van der Waals surface area (Å²) in [4.78, 5) is 4.89. The second-order valence-corrected chi connectivity index (χ2v) is 16.6. The van der Waals surface area contributed by atoms with Crippen LogP contribution in [-0.2, 0) is 5.41 Å². The van der Waals surface area contributed by atoms with E-state index in [-0.39, 0.29) is 5.41 Å². The van der Waals surface area contributed by atoms with Crippen molar-refractivity contribution in [2.45, 2.75) is 19.3 Å². The van der Waals surface area contributed by atoms with Crippen molar-refractivity contribution >= 4 is 55.7 Å². The average Bonchev–Trinajstić information content (AvgIpc) is 3.32. The third kappa shape index (κ3) is 6.36. The van der Waals surface area contributed by atoms with Crippen molar-refractivity contribution in [2.24, 2.45) is 0 Å². The number of hydrogen-bond acceptors (Lipinski definition) is 2. The van der Waals surface area contributed by atoms with Crippen molar-refractivity contribution in [3.63, 3.8) is 0 Å². The van der Waals surface area contributed by atoms with Crippen LogP contribution in [0.1, 0.15) is 25.0 Å². The van der Waals surface area contributed by atoms with Crippen molar-refractivity contribution in [1.82, 2.24) is 0 Å². The van der Waals surface area contributed by atoms with E-state index in [0.29, 0.717) is 0 Å². The number of hydrogen-bond donors (Lipinski definition) is 0. The van der Waals surface area contributed by atoms with Gasteiger partial charge in [0.2, 0.25) is 0 Å². The summed E-state index contributed by atoms with van der Waals surface area (Å²) < 4.78 is 0. The van der Waals surface area contributed by atoms with Crippen LogP contribution in [0.5, 0.6) is 0 Å². The maximum Gasteiger partial charge on any atom is 0.0618 e. The topological polar surface area (TPSA) is 6.48 Å². The molecule has 11 rings (SSSR count). The van der Waals surface area contributed by atoms with E-state index in [2.05, 4.69) is 254 Å². The summed E-state index contributed by atoms with van der Waals surface area (Å²) in [5.74, 6) is 0. The van der Waals surface area contributed by atoms with E-state index in [0.717, 1.165) is 22.6 Å². The standard InChI is InChI=1S/C59H44N2/c1-59(2)54-23-13-14-24-56(54)61(57-40-48(32-38-55(57)59)47-26-25-42-17-9-10-19-46(42)39-47)58-52-22-12-11-18-44(52)31-37-53(58)45-29-35-51(36-30-45)60(49-20-7-4-8-21-49)50-33-27-43(28-34-50)41-15-5-3-6-16-41/h3-40H,1-2H3. The van der Waals surface area contributed by atoms with Crippen LogP contribution >= 0.6 is 0 Å². The highest BCUT2D eigenvalue weighted by molar-refractivity contribution is 6.08. The Kier molecular flexibility index (Phi) is 8.86. The molecule has 0 aliphatic carbocycles. The van der Waals surface area contributed by atoms with Gasteiger partial charge in [-0.15, -0.1) is 0 Å². The summed E-state index contributed by atoms with van der Waals surface area (Å²) in [6, 6.07) is 84.2. The molecule has 61 heavy (non-hydrogen) atoms. The summed E-state index contributed by atoms with van der Waals surface area (Å²) in [6.45, 7) is 4.74. The van der Waals surface area contributed by atoms with Gasteiger partial charge in [-0.2, -0.15) is 0 Å². The highest BCUT2D eigenvalue weighted by Gasteiger charge is 2.38. The van der Waals surface area contributed by atoms with Crippen molar-refractivity contribution in [3.8, 4) is 33.4 Å². The van der Waals surface area contributed by atoms with Crippen LogP contribution < -0.4 is 9.80 Å². The molecule has 0 bridgehead atoms. The number of para-hydroxylation sites is 2. The van der Waals surface area contributed by atoms with Gasteiger partial charge in [0.15, 0.2) is 0 Å². The number of anilines is 6. The van der Waals surface area contributed by atoms with Crippen molar-refractivity contribution < 1.29 is 0 Å². The molecular formula is C59H44N2. The molecule has 0 unspecified atom stereocenters. The summed E-state index contributed by atoms with van der Waals surface area (Å²) in [7, 11) is 0. The van der Waals surface area contributed by atoms with Crippen LogP contribution in [-0.4, -0.2) is 0 Å². The largest absolute Gasteiger partial charge is 0.311 e. The maximum absolute atomic E-state index is 2.55. The van der Waals surface area contributed by atoms with E-state index in [1.807, 2.05) is 0 Å². The molecule has 2 nitrogen and oxygen atoms in total. The summed E-state index contributed by atoms with van der Waals surface area (Å²) in [6.07, 6.45) is 0. The molecular weight excluding hydrogens is 737 g/mol. The van der Waals surface area contributed by atoms with E-state index in [9.17, 15) is 0 Å². The molecule has 1 heterocycles. The molecule has 2 heteroatoms. The Labute approximate surface area is 358 Å². The highest BCUT2D eigenvalue weighted by atomic mass is 15.2. The Morgan fingerprint density at radius 2 is 0.852 bits per heavy atom. The van der Waals surface area contributed by atoms with Crippen molar-refractivity contribution in [1.29, 1.82) is 0 Å². The second kappa shape index (κ2) is 14.9. The fourth-order valence-electron chi connectivity index (χ4n) is 9.48. The Morgan fingerprint density at radius 3 is 1.61 bits per heavy atom. The van der Waals surface area contributed by atoms with E-state index < -0.39 is 0 Å². The minimum absolute atomic E-state index is 0.211. The molecule has 10 aromatic carbocycles. The van der Waals surface area contributed by atoms with Gasteiger partial charge in [0, 0.05) is 33.4 Å². The van der Waals surface area contributed by atoms with E-state index in [4.69, 9.17) is 0 Å².